The summed E-state index contributed by atoms with van der Waals surface area (Å²) in [5, 5.41) is 0. The van der Waals surface area contributed by atoms with Crippen molar-refractivity contribution >= 4 is 74.4 Å². The van der Waals surface area contributed by atoms with Gasteiger partial charge in [0.2, 0.25) is 0 Å². The molecule has 0 fully saturated rings. The fourth-order valence-electron chi connectivity index (χ4n) is 2.03. The van der Waals surface area contributed by atoms with Crippen molar-refractivity contribution in [2.45, 2.75) is 13.0 Å². The molecule has 1 unspecified atom stereocenters. The van der Waals surface area contributed by atoms with Crippen LogP contribution in [0.1, 0.15) is 6.92 Å². The Morgan fingerprint density at radius 3 is 1.17 bits per heavy atom. The number of hydrogen-bond donors (Lipinski definition) is 4. The first-order valence-corrected chi connectivity index (χ1v) is 6.46. The Hall–Kier alpha value is 1.50. The smallest absolute Gasteiger partial charge is 0.0195 e. The molecular weight excluding hydrogens is 429 g/mol. The van der Waals surface area contributed by atoms with Crippen LogP contribution in [0.25, 0.3) is 0 Å². The van der Waals surface area contributed by atoms with E-state index in [0.717, 1.165) is 32.7 Å². The summed E-state index contributed by atoms with van der Waals surface area (Å²) in [4.78, 5) is 4.62. The van der Waals surface area contributed by atoms with Crippen LogP contribution >= 0.6 is 74.4 Å². The molecule has 0 bridgehead atoms. The van der Waals surface area contributed by atoms with Gasteiger partial charge < -0.3 is 22.9 Å². The maximum absolute atomic E-state index is 5.61. The molecule has 0 aromatic carbocycles. The summed E-state index contributed by atoms with van der Waals surface area (Å²) in [6, 6.07) is 0.431. The fourth-order valence-corrected chi connectivity index (χ4v) is 2.03. The third kappa shape index (κ3) is 23.5. The predicted molar refractivity (Wildman–Crippen MR) is 117 cm³/mol. The normalized spacial score (nSPS) is 10.0. The first kappa shape index (κ1) is 44.2. The molecule has 0 heterocycles. The van der Waals surface area contributed by atoms with Crippen molar-refractivity contribution < 1.29 is 0 Å². The lowest BCUT2D eigenvalue weighted by Crippen LogP contribution is -2.48. The van der Waals surface area contributed by atoms with Crippen molar-refractivity contribution in [3.8, 4) is 0 Å². The van der Waals surface area contributed by atoms with Crippen LogP contribution in [0.2, 0.25) is 0 Å². The van der Waals surface area contributed by atoms with E-state index >= 15 is 0 Å². The van der Waals surface area contributed by atoms with Crippen LogP contribution in [-0.2, 0) is 0 Å². The number of halogens is 6. The van der Waals surface area contributed by atoms with Gasteiger partial charge in [0, 0.05) is 64.9 Å². The molecule has 12 heteroatoms. The monoisotopic (exact) mass is 462 g/mol. The molecule has 0 aromatic rings. The maximum Gasteiger partial charge on any atom is 0.0195 e. The Kier molecular flexibility index (Phi) is 60.1. The van der Waals surface area contributed by atoms with Crippen molar-refractivity contribution in [2.24, 2.45) is 22.9 Å². The van der Waals surface area contributed by atoms with Crippen molar-refractivity contribution in [1.82, 2.24) is 9.80 Å². The second-order valence-electron chi connectivity index (χ2n) is 4.34. The van der Waals surface area contributed by atoms with Gasteiger partial charge in [-0.1, -0.05) is 0 Å². The first-order chi connectivity index (χ1) is 8.19. The lowest BCUT2D eigenvalue weighted by atomic mass is 10.2. The van der Waals surface area contributed by atoms with E-state index < -0.39 is 0 Å². The van der Waals surface area contributed by atoms with Gasteiger partial charge in [-0.05, 0) is 6.92 Å². The van der Waals surface area contributed by atoms with E-state index in [1.807, 2.05) is 0 Å². The number of nitrogens with two attached hydrogens (primary N) is 4. The van der Waals surface area contributed by atoms with Gasteiger partial charge in [0.25, 0.3) is 0 Å². The van der Waals surface area contributed by atoms with Gasteiger partial charge in [-0.15, -0.1) is 74.4 Å². The van der Waals surface area contributed by atoms with Gasteiger partial charge in [0.05, 0.1) is 0 Å². The Morgan fingerprint density at radius 1 is 0.609 bits per heavy atom. The lowest BCUT2D eigenvalue weighted by molar-refractivity contribution is 0.157. The van der Waals surface area contributed by atoms with Crippen LogP contribution in [0.15, 0.2) is 0 Å². The summed E-state index contributed by atoms with van der Waals surface area (Å²) < 4.78 is 0. The molecule has 0 aliphatic rings. The molecule has 152 valence electrons. The summed E-state index contributed by atoms with van der Waals surface area (Å²) in [6.07, 6.45) is 0. The van der Waals surface area contributed by atoms with E-state index in [-0.39, 0.29) is 74.4 Å². The van der Waals surface area contributed by atoms with Gasteiger partial charge in [0.15, 0.2) is 0 Å². The molecular formula is C11H36Cl6N6. The number of nitrogens with zero attached hydrogens (tertiary/aromatic N) is 2. The van der Waals surface area contributed by atoms with Crippen LogP contribution in [0.5, 0.6) is 0 Å². The number of hydrogen-bond acceptors (Lipinski definition) is 6. The minimum atomic E-state index is 0. The molecule has 0 rings (SSSR count). The van der Waals surface area contributed by atoms with Gasteiger partial charge in [0.1, 0.15) is 0 Å². The highest BCUT2D eigenvalue weighted by Gasteiger charge is 2.15. The summed E-state index contributed by atoms with van der Waals surface area (Å²) in [7, 11) is 0. The quantitative estimate of drug-likeness (QED) is 0.351. The molecule has 0 aliphatic carbocycles. The van der Waals surface area contributed by atoms with E-state index in [1.165, 1.54) is 0 Å². The molecule has 0 saturated heterocycles. The fraction of sp³-hybridized carbons (Fsp3) is 1.00. The lowest BCUT2D eigenvalue weighted by Gasteiger charge is -2.32. The summed E-state index contributed by atoms with van der Waals surface area (Å²) >= 11 is 0. The predicted octanol–water partition coefficient (Wildman–Crippen LogP) is 0.344. The summed E-state index contributed by atoms with van der Waals surface area (Å²) in [6.45, 7) is 9.38. The molecule has 0 aromatic heterocycles. The standard InChI is InChI=1S/C11H30N6.6ClH/c1-11(17(8-4-14)9-5-15)10-16(6-2-12)7-3-13;;;;;;/h11H,2-10,12-15H2,1H3;6*1H. The highest BCUT2D eigenvalue weighted by atomic mass is 35.5. The summed E-state index contributed by atoms with van der Waals surface area (Å²) in [5.41, 5.74) is 22.4. The van der Waals surface area contributed by atoms with Crippen LogP contribution in [0.3, 0.4) is 0 Å². The van der Waals surface area contributed by atoms with Crippen molar-refractivity contribution in [2.75, 3.05) is 58.9 Å². The molecule has 0 amide bonds. The second kappa shape index (κ2) is 31.3. The third-order valence-corrected chi connectivity index (χ3v) is 2.87. The van der Waals surface area contributed by atoms with Crippen molar-refractivity contribution in [3.63, 3.8) is 0 Å². The Bertz CT molecular complexity index is 173. The average Bonchev–Trinajstić information content (AvgIpc) is 2.29. The topological polar surface area (TPSA) is 111 Å². The highest BCUT2D eigenvalue weighted by molar-refractivity contribution is 5.86. The molecule has 0 saturated carbocycles. The van der Waals surface area contributed by atoms with Gasteiger partial charge >= 0.3 is 0 Å². The Morgan fingerprint density at radius 2 is 0.913 bits per heavy atom. The van der Waals surface area contributed by atoms with E-state index in [2.05, 4.69) is 16.7 Å². The Balaban J connectivity index is -0.0000000853. The van der Waals surface area contributed by atoms with E-state index in [0.29, 0.717) is 32.2 Å². The van der Waals surface area contributed by atoms with Gasteiger partial charge in [-0.25, -0.2) is 0 Å². The zero-order valence-electron chi connectivity index (χ0n) is 13.6. The highest BCUT2D eigenvalue weighted by Crippen LogP contribution is 2.01. The van der Waals surface area contributed by atoms with Crippen LogP contribution in [0.4, 0.5) is 0 Å². The van der Waals surface area contributed by atoms with E-state index in [4.69, 9.17) is 22.9 Å². The molecule has 0 radical (unpaired) electrons. The third-order valence-electron chi connectivity index (χ3n) is 2.87. The largest absolute Gasteiger partial charge is 0.329 e. The maximum atomic E-state index is 5.61. The molecule has 6 nitrogen and oxygen atoms in total. The minimum absolute atomic E-state index is 0. The molecule has 0 spiro atoms. The second-order valence-corrected chi connectivity index (χ2v) is 4.34. The van der Waals surface area contributed by atoms with E-state index in [9.17, 15) is 0 Å². The average molecular weight is 465 g/mol. The first-order valence-electron chi connectivity index (χ1n) is 6.46. The number of rotatable bonds is 11. The van der Waals surface area contributed by atoms with E-state index in [1.54, 1.807) is 0 Å². The van der Waals surface area contributed by atoms with Gasteiger partial charge in [-0.2, -0.15) is 0 Å². The molecule has 8 N–H and O–H groups in total. The van der Waals surface area contributed by atoms with Crippen LogP contribution in [0, 0.1) is 0 Å². The molecule has 1 atom stereocenters. The van der Waals surface area contributed by atoms with Gasteiger partial charge in [-0.3, -0.25) is 9.80 Å². The minimum Gasteiger partial charge on any atom is -0.329 e. The SMILES string of the molecule is CC(CN(CCN)CCN)N(CCN)CCN.Cl.Cl.Cl.Cl.Cl.Cl. The zero-order chi connectivity index (χ0) is 13.1. The van der Waals surface area contributed by atoms with Crippen LogP contribution < -0.4 is 22.9 Å². The zero-order valence-corrected chi connectivity index (χ0v) is 18.5. The molecule has 23 heavy (non-hydrogen) atoms. The van der Waals surface area contributed by atoms with Crippen molar-refractivity contribution in [3.05, 3.63) is 0 Å². The molecule has 0 aliphatic heterocycles. The van der Waals surface area contributed by atoms with Crippen molar-refractivity contribution in [1.29, 1.82) is 0 Å². The summed E-state index contributed by atoms with van der Waals surface area (Å²) in [5.74, 6) is 0. The van der Waals surface area contributed by atoms with Crippen LogP contribution in [-0.4, -0.2) is 74.7 Å². The Labute approximate surface area is 178 Å².